The van der Waals surface area contributed by atoms with Crippen molar-refractivity contribution in [1.29, 1.82) is 0 Å². The molecule has 0 aromatic heterocycles. The van der Waals surface area contributed by atoms with Crippen LogP contribution in [-0.4, -0.2) is 30.9 Å². The number of carbonyl (C=O) groups excluding carboxylic acids is 1. The molecule has 1 N–H and O–H groups in total. The molecule has 10 heteroatoms. The number of nitrogens with one attached hydrogen (secondary N) is 1. The summed E-state index contributed by atoms with van der Waals surface area (Å²) >= 11 is 6.30. The smallest absolute Gasteiger partial charge is 0.427 e. The number of nitro benzene ring substituents is 1. The number of nitrogens with zero attached hydrogens (tertiary/aromatic N) is 2. The van der Waals surface area contributed by atoms with Gasteiger partial charge in [-0.15, -0.1) is 0 Å². The van der Waals surface area contributed by atoms with Gasteiger partial charge in [0.25, 0.3) is 5.69 Å². The molecule has 2 rings (SSSR count). The Hall–Kier alpha value is -3.33. The number of hydrazone groups is 1. The van der Waals surface area contributed by atoms with Gasteiger partial charge in [0.2, 0.25) is 0 Å². The van der Waals surface area contributed by atoms with Crippen molar-refractivity contribution in [2.24, 2.45) is 5.10 Å². The minimum atomic E-state index is -0.711. The molecule has 28 heavy (non-hydrogen) atoms. The summed E-state index contributed by atoms with van der Waals surface area (Å²) in [7, 11) is 1.22. The Kier molecular flexibility index (Phi) is 7.58. The third-order valence-electron chi connectivity index (χ3n) is 3.45. The number of benzene rings is 2. The first kappa shape index (κ1) is 21.0. The average molecular weight is 408 g/mol. The van der Waals surface area contributed by atoms with Crippen LogP contribution in [0.2, 0.25) is 5.02 Å². The van der Waals surface area contributed by atoms with Crippen LogP contribution in [0.1, 0.15) is 18.1 Å². The van der Waals surface area contributed by atoms with Crippen LogP contribution in [-0.2, 0) is 11.3 Å². The van der Waals surface area contributed by atoms with Crippen LogP contribution in [0.5, 0.6) is 11.5 Å². The zero-order valence-electron chi connectivity index (χ0n) is 15.2. The molecule has 0 unspecified atom stereocenters. The third kappa shape index (κ3) is 5.58. The number of ether oxygens (including phenoxy) is 3. The number of amides is 1. The third-order valence-corrected chi connectivity index (χ3v) is 3.73. The summed E-state index contributed by atoms with van der Waals surface area (Å²) in [5, 5.41) is 15.1. The Morgan fingerprint density at radius 2 is 2.07 bits per heavy atom. The Morgan fingerprint density at radius 1 is 1.32 bits per heavy atom. The minimum Gasteiger partial charge on any atom is -0.490 e. The maximum Gasteiger partial charge on any atom is 0.427 e. The van der Waals surface area contributed by atoms with Crippen molar-refractivity contribution >= 4 is 29.6 Å². The van der Waals surface area contributed by atoms with Crippen molar-refractivity contribution in [2.75, 3.05) is 13.7 Å². The Bertz CT molecular complexity index is 888. The number of methoxy groups -OCH3 is 1. The maximum absolute atomic E-state index is 11.1. The number of hydrogen-bond donors (Lipinski definition) is 1. The second-order valence-electron chi connectivity index (χ2n) is 5.30. The van der Waals surface area contributed by atoms with E-state index in [0.717, 1.165) is 0 Å². The Morgan fingerprint density at radius 3 is 2.75 bits per heavy atom. The molecular weight excluding hydrogens is 390 g/mol. The molecule has 1 amide bonds. The Balaban J connectivity index is 2.24. The van der Waals surface area contributed by atoms with Gasteiger partial charge in [-0.2, -0.15) is 5.10 Å². The molecule has 9 nitrogen and oxygen atoms in total. The molecule has 0 radical (unpaired) electrons. The quantitative estimate of drug-likeness (QED) is 0.403. The highest BCUT2D eigenvalue weighted by atomic mass is 35.5. The van der Waals surface area contributed by atoms with E-state index in [1.807, 2.05) is 0 Å². The lowest BCUT2D eigenvalue weighted by molar-refractivity contribution is -0.385. The molecule has 0 saturated carbocycles. The molecule has 0 aliphatic carbocycles. The first-order valence-electron chi connectivity index (χ1n) is 8.14. The predicted molar refractivity (Wildman–Crippen MR) is 103 cm³/mol. The summed E-state index contributed by atoms with van der Waals surface area (Å²) in [4.78, 5) is 21.7. The lowest BCUT2D eigenvalue weighted by Crippen LogP contribution is -2.16. The van der Waals surface area contributed by atoms with Gasteiger partial charge in [-0.3, -0.25) is 10.1 Å². The monoisotopic (exact) mass is 407 g/mol. The summed E-state index contributed by atoms with van der Waals surface area (Å²) in [6.45, 7) is 2.08. The summed E-state index contributed by atoms with van der Waals surface area (Å²) < 4.78 is 15.7. The van der Waals surface area contributed by atoms with Crippen molar-refractivity contribution in [1.82, 2.24) is 5.43 Å². The summed E-state index contributed by atoms with van der Waals surface area (Å²) in [5.41, 5.74) is 3.06. The van der Waals surface area contributed by atoms with Crippen molar-refractivity contribution in [2.45, 2.75) is 13.5 Å². The van der Waals surface area contributed by atoms with E-state index in [0.29, 0.717) is 23.5 Å². The van der Waals surface area contributed by atoms with E-state index >= 15 is 0 Å². The highest BCUT2D eigenvalue weighted by molar-refractivity contribution is 6.32. The molecule has 0 saturated heterocycles. The zero-order chi connectivity index (χ0) is 20.5. The van der Waals surface area contributed by atoms with Crippen molar-refractivity contribution in [3.63, 3.8) is 0 Å². The first-order valence-corrected chi connectivity index (χ1v) is 8.52. The highest BCUT2D eigenvalue weighted by Gasteiger charge is 2.16. The fourth-order valence-corrected chi connectivity index (χ4v) is 2.51. The Labute approximate surface area is 166 Å². The molecule has 0 aliphatic heterocycles. The van der Waals surface area contributed by atoms with Crippen LogP contribution in [0.4, 0.5) is 10.5 Å². The molecule has 0 aliphatic rings. The van der Waals surface area contributed by atoms with E-state index in [-0.39, 0.29) is 23.1 Å². The highest BCUT2D eigenvalue weighted by Crippen LogP contribution is 2.37. The summed E-state index contributed by atoms with van der Waals surface area (Å²) in [6, 6.07) is 9.44. The van der Waals surface area contributed by atoms with Gasteiger partial charge in [0.15, 0.2) is 11.5 Å². The molecule has 0 heterocycles. The fraction of sp³-hybridized carbons (Fsp3) is 0.222. The molecule has 0 fully saturated rings. The van der Waals surface area contributed by atoms with Gasteiger partial charge in [-0.25, -0.2) is 10.2 Å². The first-order chi connectivity index (χ1) is 13.5. The van der Waals surface area contributed by atoms with Crippen molar-refractivity contribution < 1.29 is 23.9 Å². The van der Waals surface area contributed by atoms with E-state index in [4.69, 9.17) is 21.1 Å². The van der Waals surface area contributed by atoms with E-state index in [2.05, 4.69) is 15.3 Å². The SMILES string of the molecule is CCOc1cc(/C=N/NC(=O)OC)cc(Cl)c1OCc1ccccc1[N+](=O)[O-]. The van der Waals surface area contributed by atoms with Gasteiger partial charge >= 0.3 is 6.09 Å². The standard InChI is InChI=1S/C18H18ClN3O6/c1-3-27-16-9-12(10-20-21-18(23)26-2)8-14(19)17(16)28-11-13-6-4-5-7-15(13)22(24)25/h4-10H,3,11H2,1-2H3,(H,21,23)/b20-10+. The molecule has 2 aromatic carbocycles. The molecule has 0 spiro atoms. The molecule has 148 valence electrons. The number of hydrogen-bond acceptors (Lipinski definition) is 7. The van der Waals surface area contributed by atoms with E-state index < -0.39 is 11.0 Å². The molecule has 0 atom stereocenters. The van der Waals surface area contributed by atoms with Gasteiger partial charge < -0.3 is 14.2 Å². The van der Waals surface area contributed by atoms with Gasteiger partial charge in [-0.1, -0.05) is 23.7 Å². The lowest BCUT2D eigenvalue weighted by Gasteiger charge is -2.14. The maximum atomic E-state index is 11.1. The topological polar surface area (TPSA) is 112 Å². The van der Waals surface area contributed by atoms with Gasteiger partial charge in [-0.05, 0) is 30.7 Å². The van der Waals surface area contributed by atoms with Crippen molar-refractivity contribution in [3.8, 4) is 11.5 Å². The second-order valence-corrected chi connectivity index (χ2v) is 5.71. The van der Waals surface area contributed by atoms with Gasteiger partial charge in [0, 0.05) is 6.07 Å². The largest absolute Gasteiger partial charge is 0.490 e. The number of halogens is 1. The summed E-state index contributed by atoms with van der Waals surface area (Å²) in [6.07, 6.45) is 0.647. The van der Waals surface area contributed by atoms with Crippen LogP contribution in [0.25, 0.3) is 0 Å². The average Bonchev–Trinajstić information content (AvgIpc) is 2.67. The normalized spacial score (nSPS) is 10.5. The number of carbonyl (C=O) groups is 1. The van der Waals surface area contributed by atoms with E-state index in [1.54, 1.807) is 37.3 Å². The van der Waals surface area contributed by atoms with Crippen LogP contribution in [0.3, 0.4) is 0 Å². The molecule has 0 bridgehead atoms. The number of para-hydroxylation sites is 1. The van der Waals surface area contributed by atoms with Gasteiger partial charge in [0.05, 0.1) is 35.4 Å². The van der Waals surface area contributed by atoms with Crippen LogP contribution >= 0.6 is 11.6 Å². The minimum absolute atomic E-state index is 0.0470. The van der Waals surface area contributed by atoms with Crippen LogP contribution in [0, 0.1) is 10.1 Å². The van der Waals surface area contributed by atoms with Crippen molar-refractivity contribution in [3.05, 3.63) is 62.7 Å². The van der Waals surface area contributed by atoms with E-state index in [9.17, 15) is 14.9 Å². The second kappa shape index (κ2) is 10.1. The van der Waals surface area contributed by atoms with Gasteiger partial charge in [0.1, 0.15) is 6.61 Å². The van der Waals surface area contributed by atoms with E-state index in [1.165, 1.54) is 19.4 Å². The van der Waals surface area contributed by atoms with Crippen LogP contribution < -0.4 is 14.9 Å². The number of rotatable bonds is 8. The predicted octanol–water partition coefficient (Wildman–Crippen LogP) is 3.92. The number of nitro groups is 1. The summed E-state index contributed by atoms with van der Waals surface area (Å²) in [5.74, 6) is 0.591. The zero-order valence-corrected chi connectivity index (χ0v) is 15.9. The fourth-order valence-electron chi connectivity index (χ4n) is 2.23. The lowest BCUT2D eigenvalue weighted by atomic mass is 10.2. The molecule has 2 aromatic rings. The molecular formula is C18H18ClN3O6. The van der Waals surface area contributed by atoms with Crippen LogP contribution in [0.15, 0.2) is 41.5 Å².